The molecular formula is C35H42N4O6S. The highest BCUT2D eigenvalue weighted by atomic mass is 32.2. The van der Waals surface area contributed by atoms with Crippen molar-refractivity contribution in [3.8, 4) is 5.75 Å². The van der Waals surface area contributed by atoms with E-state index in [0.717, 1.165) is 16.3 Å². The van der Waals surface area contributed by atoms with Crippen molar-refractivity contribution in [1.82, 2.24) is 20.9 Å². The number of carbonyl (C=O) groups excluding carboxylic acids is 4. The van der Waals surface area contributed by atoms with Gasteiger partial charge in [-0.15, -0.1) is 18.3 Å². The first-order valence-electron chi connectivity index (χ1n) is 15.2. The first kappa shape index (κ1) is 34.5. The smallest absolute Gasteiger partial charge is 0.258 e. The van der Waals surface area contributed by atoms with Crippen molar-refractivity contribution in [1.29, 1.82) is 0 Å². The zero-order chi connectivity index (χ0) is 33.3. The predicted octanol–water partition coefficient (Wildman–Crippen LogP) is 3.18. The third kappa shape index (κ3) is 9.34. The summed E-state index contributed by atoms with van der Waals surface area (Å²) in [5.74, 6) is -0.913. The minimum atomic E-state index is -1.65. The molecule has 0 saturated carbocycles. The van der Waals surface area contributed by atoms with Gasteiger partial charge in [0.25, 0.3) is 11.8 Å². The van der Waals surface area contributed by atoms with Crippen LogP contribution in [0.4, 0.5) is 0 Å². The summed E-state index contributed by atoms with van der Waals surface area (Å²) in [6.45, 7) is 8.96. The van der Waals surface area contributed by atoms with Crippen molar-refractivity contribution in [2.45, 2.75) is 63.4 Å². The molecule has 1 heterocycles. The lowest BCUT2D eigenvalue weighted by Gasteiger charge is -2.32. The summed E-state index contributed by atoms with van der Waals surface area (Å²) in [4.78, 5) is 54.5. The number of hydrogen-bond acceptors (Lipinski definition) is 7. The lowest BCUT2D eigenvalue weighted by molar-refractivity contribution is -0.147. The summed E-state index contributed by atoms with van der Waals surface area (Å²) in [5.41, 5.74) is 0.289. The maximum atomic E-state index is 13.7. The van der Waals surface area contributed by atoms with E-state index in [2.05, 4.69) is 22.5 Å². The van der Waals surface area contributed by atoms with Gasteiger partial charge in [0.1, 0.15) is 17.8 Å². The fourth-order valence-electron chi connectivity index (χ4n) is 5.16. The number of benzene rings is 3. The van der Waals surface area contributed by atoms with Gasteiger partial charge >= 0.3 is 0 Å². The van der Waals surface area contributed by atoms with E-state index in [1.54, 1.807) is 6.07 Å². The van der Waals surface area contributed by atoms with Gasteiger partial charge in [-0.1, -0.05) is 72.8 Å². The van der Waals surface area contributed by atoms with Crippen LogP contribution in [0.25, 0.3) is 10.8 Å². The standard InChI is InChI=1S/C35H42N4O6S/c1-5-12-26(36-30(40)20-45-29-18-11-16-24-15-9-10-17-25(24)29)32(42)37-27(19-23-13-7-6-8-14-23)31(41)34(44)39-22-46-21-28(39)33(43)38-35(2,3)4/h5-11,13-18,26-28,31,41H,1,12,19-22H2,2-4H3,(H,36,40)(H,37,42)(H,38,43)/t26-,27-,28-,31-/m0/s1. The molecule has 0 aliphatic carbocycles. The van der Waals surface area contributed by atoms with Crippen molar-refractivity contribution in [3.63, 3.8) is 0 Å². The molecule has 1 aliphatic heterocycles. The zero-order valence-electron chi connectivity index (χ0n) is 26.4. The molecule has 0 bridgehead atoms. The fourth-order valence-corrected chi connectivity index (χ4v) is 6.33. The van der Waals surface area contributed by atoms with E-state index in [4.69, 9.17) is 4.74 Å². The Morgan fingerprint density at radius 3 is 2.43 bits per heavy atom. The van der Waals surface area contributed by atoms with Crippen molar-refractivity contribution in [2.75, 3.05) is 18.2 Å². The number of ether oxygens (including phenoxy) is 1. The summed E-state index contributed by atoms with van der Waals surface area (Å²) < 4.78 is 5.79. The van der Waals surface area contributed by atoms with Gasteiger partial charge in [0.05, 0.1) is 11.9 Å². The number of amides is 4. The highest BCUT2D eigenvalue weighted by molar-refractivity contribution is 7.99. The van der Waals surface area contributed by atoms with Crippen LogP contribution in [0.2, 0.25) is 0 Å². The van der Waals surface area contributed by atoms with E-state index in [1.807, 2.05) is 87.5 Å². The zero-order valence-corrected chi connectivity index (χ0v) is 27.2. The second kappa shape index (κ2) is 15.8. The molecule has 11 heteroatoms. The van der Waals surface area contributed by atoms with Crippen molar-refractivity contribution in [2.24, 2.45) is 0 Å². The summed E-state index contributed by atoms with van der Waals surface area (Å²) >= 11 is 1.42. The van der Waals surface area contributed by atoms with E-state index in [9.17, 15) is 24.3 Å². The van der Waals surface area contributed by atoms with Crippen LogP contribution in [0.1, 0.15) is 32.8 Å². The molecular weight excluding hydrogens is 604 g/mol. The van der Waals surface area contributed by atoms with Crippen LogP contribution < -0.4 is 20.7 Å². The van der Waals surface area contributed by atoms with Gasteiger partial charge in [0.15, 0.2) is 12.7 Å². The molecule has 1 aliphatic rings. The van der Waals surface area contributed by atoms with Crippen LogP contribution in [-0.2, 0) is 25.6 Å². The van der Waals surface area contributed by atoms with Crippen molar-refractivity contribution >= 4 is 46.2 Å². The molecule has 1 fully saturated rings. The molecule has 4 N–H and O–H groups in total. The van der Waals surface area contributed by atoms with Crippen molar-refractivity contribution in [3.05, 3.63) is 91.0 Å². The molecule has 4 rings (SSSR count). The number of nitrogens with one attached hydrogen (secondary N) is 3. The number of aliphatic hydroxyl groups excluding tert-OH is 1. The molecule has 4 atom stereocenters. The first-order chi connectivity index (χ1) is 22.0. The number of rotatable bonds is 13. The number of nitrogens with zero attached hydrogens (tertiary/aromatic N) is 1. The maximum Gasteiger partial charge on any atom is 0.258 e. The SMILES string of the molecule is C=CC[C@H](NC(=O)COc1cccc2ccccc12)C(=O)N[C@@H](Cc1ccccc1)[C@H](O)C(=O)N1CSC[C@H]1C(=O)NC(C)(C)C. The summed E-state index contributed by atoms with van der Waals surface area (Å²) in [5, 5.41) is 21.6. The number of hydrogen-bond donors (Lipinski definition) is 4. The minimum Gasteiger partial charge on any atom is -0.483 e. The molecule has 46 heavy (non-hydrogen) atoms. The molecule has 4 amide bonds. The molecule has 244 valence electrons. The van der Waals surface area contributed by atoms with Gasteiger partial charge in [-0.25, -0.2) is 0 Å². The summed E-state index contributed by atoms with van der Waals surface area (Å²) in [6, 6.07) is 19.5. The quantitative estimate of drug-likeness (QED) is 0.210. The van der Waals surface area contributed by atoms with E-state index in [-0.39, 0.29) is 31.2 Å². The van der Waals surface area contributed by atoms with E-state index in [0.29, 0.717) is 11.5 Å². The molecule has 3 aromatic rings. The second-order valence-electron chi connectivity index (χ2n) is 12.2. The number of thioether (sulfide) groups is 1. The Labute approximate surface area is 273 Å². The Kier molecular flexibility index (Phi) is 11.8. The highest BCUT2D eigenvalue weighted by Gasteiger charge is 2.41. The third-order valence-corrected chi connectivity index (χ3v) is 8.40. The molecule has 0 spiro atoms. The van der Waals surface area contributed by atoms with E-state index in [1.165, 1.54) is 22.7 Å². The van der Waals surface area contributed by atoms with Crippen molar-refractivity contribution < 1.29 is 29.0 Å². The van der Waals surface area contributed by atoms with E-state index >= 15 is 0 Å². The Bertz CT molecular complexity index is 1540. The molecule has 1 saturated heterocycles. The number of fused-ring (bicyclic) bond motifs is 1. The predicted molar refractivity (Wildman–Crippen MR) is 180 cm³/mol. The molecule has 0 radical (unpaired) electrons. The molecule has 10 nitrogen and oxygen atoms in total. The topological polar surface area (TPSA) is 137 Å². The first-order valence-corrected chi connectivity index (χ1v) is 16.4. The molecule has 3 aromatic carbocycles. The van der Waals surface area contributed by atoms with Gasteiger partial charge in [0.2, 0.25) is 11.8 Å². The molecule has 0 aromatic heterocycles. The minimum absolute atomic E-state index is 0.103. The average molecular weight is 647 g/mol. The largest absolute Gasteiger partial charge is 0.483 e. The lowest BCUT2D eigenvalue weighted by Crippen LogP contribution is -2.59. The van der Waals surface area contributed by atoms with Gasteiger partial charge in [-0.3, -0.25) is 19.2 Å². The highest BCUT2D eigenvalue weighted by Crippen LogP contribution is 2.25. The second-order valence-corrected chi connectivity index (χ2v) is 13.2. The van der Waals surface area contributed by atoms with Crippen LogP contribution in [0.3, 0.4) is 0 Å². The average Bonchev–Trinajstić information content (AvgIpc) is 3.53. The fraction of sp³-hybridized carbons (Fsp3) is 0.371. The Hall–Kier alpha value is -4.35. The summed E-state index contributed by atoms with van der Waals surface area (Å²) in [7, 11) is 0. The van der Waals surface area contributed by atoms with Gasteiger partial charge < -0.3 is 30.7 Å². The van der Waals surface area contributed by atoms with E-state index < -0.39 is 47.5 Å². The maximum absolute atomic E-state index is 13.7. The monoisotopic (exact) mass is 646 g/mol. The number of aliphatic hydroxyl groups is 1. The van der Waals surface area contributed by atoms with Crippen LogP contribution in [0.5, 0.6) is 5.75 Å². The van der Waals surface area contributed by atoms with Crippen LogP contribution >= 0.6 is 11.8 Å². The normalized spacial score (nSPS) is 16.6. The Morgan fingerprint density at radius 1 is 1.02 bits per heavy atom. The van der Waals surface area contributed by atoms with Crippen LogP contribution in [0.15, 0.2) is 85.5 Å². The Balaban J connectivity index is 1.46. The molecule has 0 unspecified atom stereocenters. The number of carbonyl (C=O) groups is 4. The van der Waals surface area contributed by atoms with Crippen LogP contribution in [-0.4, -0.2) is 81.6 Å². The van der Waals surface area contributed by atoms with Gasteiger partial charge in [-0.05, 0) is 50.6 Å². The Morgan fingerprint density at radius 2 is 1.72 bits per heavy atom. The lowest BCUT2D eigenvalue weighted by atomic mass is 9.99. The van der Waals surface area contributed by atoms with Gasteiger partial charge in [-0.2, -0.15) is 0 Å². The third-order valence-electron chi connectivity index (χ3n) is 7.39. The summed E-state index contributed by atoms with van der Waals surface area (Å²) in [6.07, 6.45) is 0.0934. The van der Waals surface area contributed by atoms with Gasteiger partial charge in [0, 0.05) is 16.7 Å². The van der Waals surface area contributed by atoms with Crippen LogP contribution in [0, 0.1) is 0 Å².